The molecule has 4 aromatic rings. The van der Waals surface area contributed by atoms with Crippen molar-refractivity contribution in [1.82, 2.24) is 14.5 Å². The van der Waals surface area contributed by atoms with E-state index in [1.165, 1.54) is 34.2 Å². The molecule has 0 saturated carbocycles. The van der Waals surface area contributed by atoms with Crippen molar-refractivity contribution in [2.45, 2.75) is 6.92 Å². The van der Waals surface area contributed by atoms with Gasteiger partial charge in [0.05, 0.1) is 16.3 Å². The molecule has 0 unspecified atom stereocenters. The number of amides is 1. The van der Waals surface area contributed by atoms with E-state index >= 15 is 0 Å². The van der Waals surface area contributed by atoms with Gasteiger partial charge in [0.2, 0.25) is 0 Å². The first-order valence-corrected chi connectivity index (χ1v) is 10.4. The number of anilines is 1. The molecule has 9 heteroatoms. The molecule has 0 bridgehead atoms. The van der Waals surface area contributed by atoms with Gasteiger partial charge in [0, 0.05) is 28.9 Å². The van der Waals surface area contributed by atoms with Gasteiger partial charge in [-0.2, -0.15) is 0 Å². The largest absolute Gasteiger partial charge is 0.298 e. The molecule has 3 aromatic heterocycles. The number of nitrogens with zero attached hydrogens (tertiary/aromatic N) is 3. The highest BCUT2D eigenvalue weighted by Crippen LogP contribution is 2.28. The Hall–Kier alpha value is -3.00. The number of rotatable bonds is 4. The summed E-state index contributed by atoms with van der Waals surface area (Å²) in [6.45, 7) is 1.87. The van der Waals surface area contributed by atoms with Crippen LogP contribution in [-0.4, -0.2) is 20.4 Å². The molecular formula is C21H14Cl2N4O2S. The van der Waals surface area contributed by atoms with Gasteiger partial charge in [-0.1, -0.05) is 29.3 Å². The number of hydrogen-bond donors (Lipinski definition) is 1. The predicted octanol–water partition coefficient (Wildman–Crippen LogP) is 5.22. The lowest BCUT2D eigenvalue weighted by Gasteiger charge is -2.09. The van der Waals surface area contributed by atoms with Crippen LogP contribution in [0.2, 0.25) is 10.0 Å². The van der Waals surface area contributed by atoms with Crippen molar-refractivity contribution in [3.63, 3.8) is 0 Å². The molecule has 3 heterocycles. The molecule has 30 heavy (non-hydrogen) atoms. The highest BCUT2D eigenvalue weighted by atomic mass is 35.5. The van der Waals surface area contributed by atoms with Crippen molar-refractivity contribution in [1.29, 1.82) is 0 Å². The Bertz CT molecular complexity index is 1320. The summed E-state index contributed by atoms with van der Waals surface area (Å²) in [5.41, 5.74) is 2.62. The summed E-state index contributed by atoms with van der Waals surface area (Å²) < 4.78 is 1.38. The maximum absolute atomic E-state index is 12.7. The number of nitrogens with one attached hydrogen (secondary N) is 1. The normalized spacial score (nSPS) is 10.8. The highest BCUT2D eigenvalue weighted by Gasteiger charge is 2.14. The first kappa shape index (κ1) is 20.3. The van der Waals surface area contributed by atoms with Crippen molar-refractivity contribution < 1.29 is 4.79 Å². The Morgan fingerprint density at radius 2 is 1.97 bits per heavy atom. The van der Waals surface area contributed by atoms with Crippen LogP contribution < -0.4 is 10.9 Å². The molecular weight excluding hydrogens is 443 g/mol. The number of benzene rings is 1. The van der Waals surface area contributed by atoms with Crippen LogP contribution in [0.5, 0.6) is 0 Å². The quantitative estimate of drug-likeness (QED) is 0.456. The van der Waals surface area contributed by atoms with E-state index < -0.39 is 5.91 Å². The van der Waals surface area contributed by atoms with Crippen molar-refractivity contribution in [2.75, 3.05) is 5.32 Å². The molecule has 4 rings (SSSR count). The topological polar surface area (TPSA) is 76.9 Å². The number of aryl methyl sites for hydroxylation is 1. The first-order valence-electron chi connectivity index (χ1n) is 8.79. The van der Waals surface area contributed by atoms with Gasteiger partial charge in [-0.15, -0.1) is 11.3 Å². The summed E-state index contributed by atoms with van der Waals surface area (Å²) in [6, 6.07) is 11.5. The minimum absolute atomic E-state index is 0.271. The van der Waals surface area contributed by atoms with E-state index in [4.69, 9.17) is 23.2 Å². The van der Waals surface area contributed by atoms with E-state index in [-0.39, 0.29) is 5.56 Å². The van der Waals surface area contributed by atoms with E-state index in [2.05, 4.69) is 15.3 Å². The van der Waals surface area contributed by atoms with E-state index in [1.54, 1.807) is 35.8 Å². The van der Waals surface area contributed by atoms with Gasteiger partial charge < -0.3 is 0 Å². The zero-order chi connectivity index (χ0) is 21.3. The van der Waals surface area contributed by atoms with Gasteiger partial charge in [-0.05, 0) is 42.8 Å². The monoisotopic (exact) mass is 456 g/mol. The third-order valence-electron chi connectivity index (χ3n) is 4.33. The van der Waals surface area contributed by atoms with Gasteiger partial charge in [-0.3, -0.25) is 24.5 Å². The Labute approximate surface area is 185 Å². The fourth-order valence-electron chi connectivity index (χ4n) is 2.74. The highest BCUT2D eigenvalue weighted by molar-refractivity contribution is 7.14. The smallest absolute Gasteiger partial charge is 0.258 e. The molecule has 0 aliphatic carbocycles. The number of thiazole rings is 1. The molecule has 0 saturated heterocycles. The fourth-order valence-corrected chi connectivity index (χ4v) is 3.82. The van der Waals surface area contributed by atoms with Crippen LogP contribution >= 0.6 is 34.5 Å². The number of aromatic nitrogens is 3. The van der Waals surface area contributed by atoms with Gasteiger partial charge in [0.1, 0.15) is 11.4 Å². The third kappa shape index (κ3) is 4.14. The maximum Gasteiger partial charge on any atom is 0.258 e. The third-order valence-corrected chi connectivity index (χ3v) is 5.80. The molecule has 0 aliphatic heterocycles. The predicted molar refractivity (Wildman–Crippen MR) is 120 cm³/mol. The number of carbonyl (C=O) groups is 1. The Kier molecular flexibility index (Phi) is 5.67. The van der Waals surface area contributed by atoms with Crippen LogP contribution in [0.1, 0.15) is 15.9 Å². The first-order chi connectivity index (χ1) is 14.4. The molecule has 0 atom stereocenters. The summed E-state index contributed by atoms with van der Waals surface area (Å²) in [5, 5.41) is 5.92. The zero-order valence-corrected chi connectivity index (χ0v) is 17.9. The SMILES string of the molecule is Cc1ccc(-n2cc(C(=O)Nc3nc(-c4ncccc4Cl)cs3)ccc2=O)cc1Cl. The van der Waals surface area contributed by atoms with Gasteiger partial charge in [-0.25, -0.2) is 4.98 Å². The van der Waals surface area contributed by atoms with E-state index in [9.17, 15) is 9.59 Å². The van der Waals surface area contributed by atoms with Crippen molar-refractivity contribution in [3.05, 3.63) is 91.8 Å². The lowest BCUT2D eigenvalue weighted by molar-refractivity contribution is 0.102. The summed E-state index contributed by atoms with van der Waals surface area (Å²) in [4.78, 5) is 33.6. The average molecular weight is 457 g/mol. The second-order valence-electron chi connectivity index (χ2n) is 6.39. The fraction of sp³-hybridized carbons (Fsp3) is 0.0476. The van der Waals surface area contributed by atoms with Crippen LogP contribution in [0.25, 0.3) is 17.1 Å². The summed E-state index contributed by atoms with van der Waals surface area (Å²) in [6.07, 6.45) is 3.10. The molecule has 1 amide bonds. The number of carbonyl (C=O) groups excluding carboxylic acids is 1. The maximum atomic E-state index is 12.7. The lowest BCUT2D eigenvalue weighted by Crippen LogP contribution is -2.20. The lowest BCUT2D eigenvalue weighted by atomic mass is 10.2. The molecule has 1 N–H and O–H groups in total. The molecule has 0 radical (unpaired) electrons. The Balaban J connectivity index is 1.60. The van der Waals surface area contributed by atoms with Gasteiger partial charge in [0.15, 0.2) is 5.13 Å². The average Bonchev–Trinajstić information content (AvgIpc) is 3.19. The molecule has 0 spiro atoms. The number of hydrogen-bond acceptors (Lipinski definition) is 5. The van der Waals surface area contributed by atoms with Crippen molar-refractivity contribution >= 4 is 45.6 Å². The van der Waals surface area contributed by atoms with Crippen LogP contribution in [0, 0.1) is 6.92 Å². The molecule has 1 aromatic carbocycles. The molecule has 6 nitrogen and oxygen atoms in total. The standard InChI is InChI=1S/C21H14Cl2N4O2S/c1-12-4-6-14(9-16(12)23)27-10-13(5-7-18(27)28)20(29)26-21-25-17(11-30-21)19-15(22)3-2-8-24-19/h2-11H,1H3,(H,25,26,29). The van der Waals surface area contributed by atoms with Crippen LogP contribution in [-0.2, 0) is 0 Å². The summed E-state index contributed by atoms with van der Waals surface area (Å²) in [5.74, 6) is -0.394. The van der Waals surface area contributed by atoms with Crippen LogP contribution in [0.4, 0.5) is 5.13 Å². The minimum Gasteiger partial charge on any atom is -0.298 e. The summed E-state index contributed by atoms with van der Waals surface area (Å²) in [7, 11) is 0. The van der Waals surface area contributed by atoms with E-state index in [1.807, 2.05) is 13.0 Å². The molecule has 0 aliphatic rings. The van der Waals surface area contributed by atoms with E-state index in [0.717, 1.165) is 5.56 Å². The van der Waals surface area contributed by atoms with Crippen LogP contribution in [0.15, 0.2) is 65.0 Å². The zero-order valence-electron chi connectivity index (χ0n) is 15.6. The summed E-state index contributed by atoms with van der Waals surface area (Å²) >= 11 is 13.6. The molecule has 0 fully saturated rings. The van der Waals surface area contributed by atoms with Gasteiger partial charge >= 0.3 is 0 Å². The Morgan fingerprint density at radius 1 is 1.13 bits per heavy atom. The number of halogens is 2. The Morgan fingerprint density at radius 3 is 2.73 bits per heavy atom. The van der Waals surface area contributed by atoms with Gasteiger partial charge in [0.25, 0.3) is 11.5 Å². The van der Waals surface area contributed by atoms with Crippen molar-refractivity contribution in [2.24, 2.45) is 0 Å². The molecule has 150 valence electrons. The number of pyridine rings is 2. The second-order valence-corrected chi connectivity index (χ2v) is 8.06. The minimum atomic E-state index is -0.394. The van der Waals surface area contributed by atoms with Crippen LogP contribution in [0.3, 0.4) is 0 Å². The van der Waals surface area contributed by atoms with Crippen molar-refractivity contribution in [3.8, 4) is 17.1 Å². The second kappa shape index (κ2) is 8.39. The van der Waals surface area contributed by atoms with E-state index in [0.29, 0.717) is 37.8 Å².